The zero-order valence-corrected chi connectivity index (χ0v) is 23.6. The minimum Gasteiger partial charge on any atom is -0.395 e. The molecule has 3 heterocycles. The van der Waals surface area contributed by atoms with Crippen molar-refractivity contribution in [2.24, 2.45) is 7.05 Å². The zero-order chi connectivity index (χ0) is 28.6. The van der Waals surface area contributed by atoms with Crippen LogP contribution in [-0.4, -0.2) is 54.3 Å². The quantitative estimate of drug-likeness (QED) is 0.217. The highest BCUT2D eigenvalue weighted by molar-refractivity contribution is 6.34. The lowest BCUT2D eigenvalue weighted by molar-refractivity contribution is 0.215. The maximum Gasteiger partial charge on any atom is 0.324 e. The van der Waals surface area contributed by atoms with E-state index >= 15 is 0 Å². The number of urea groups is 1. The van der Waals surface area contributed by atoms with Gasteiger partial charge in [-0.2, -0.15) is 10.2 Å². The minimum atomic E-state index is -0.601. The SMILES string of the molecule is CNc1ncnc2c1c(-c1ccc(NC(=O)Nc3cc(C(C)(C)CO)nn3-c3ccc(C)cc3)c(Cl)c1)nn2C. The molecule has 0 aliphatic carbocycles. The second kappa shape index (κ2) is 10.6. The van der Waals surface area contributed by atoms with E-state index in [-0.39, 0.29) is 6.61 Å². The predicted octanol–water partition coefficient (Wildman–Crippen LogP) is 5.13. The Morgan fingerprint density at radius 3 is 2.48 bits per heavy atom. The topological polar surface area (TPSA) is 135 Å². The van der Waals surface area contributed by atoms with E-state index in [4.69, 9.17) is 11.6 Å². The number of aryl methyl sites for hydroxylation is 2. The van der Waals surface area contributed by atoms with Crippen molar-refractivity contribution >= 4 is 46.0 Å². The highest BCUT2D eigenvalue weighted by atomic mass is 35.5. The normalized spacial score (nSPS) is 11.6. The van der Waals surface area contributed by atoms with Crippen LogP contribution in [0.1, 0.15) is 25.1 Å². The number of hydrogen-bond acceptors (Lipinski definition) is 7. The fourth-order valence-electron chi connectivity index (χ4n) is 4.28. The van der Waals surface area contributed by atoms with E-state index in [1.54, 1.807) is 34.6 Å². The number of hydrogen-bond donors (Lipinski definition) is 4. The number of anilines is 3. The molecule has 0 spiro atoms. The van der Waals surface area contributed by atoms with Gasteiger partial charge in [0.1, 0.15) is 23.7 Å². The van der Waals surface area contributed by atoms with Gasteiger partial charge in [0.2, 0.25) is 0 Å². The molecule has 2 amide bonds. The summed E-state index contributed by atoms with van der Waals surface area (Å²) in [4.78, 5) is 21.7. The van der Waals surface area contributed by atoms with Crippen LogP contribution >= 0.6 is 11.6 Å². The number of carbonyl (C=O) groups is 1. The average molecular weight is 560 g/mol. The lowest BCUT2D eigenvalue weighted by atomic mass is 9.91. The summed E-state index contributed by atoms with van der Waals surface area (Å²) in [6.07, 6.45) is 1.48. The average Bonchev–Trinajstić information content (AvgIpc) is 3.52. The Hall–Kier alpha value is -4.48. The summed E-state index contributed by atoms with van der Waals surface area (Å²) in [7, 11) is 3.60. The maximum atomic E-state index is 13.1. The molecule has 0 radical (unpaired) electrons. The monoisotopic (exact) mass is 559 g/mol. The van der Waals surface area contributed by atoms with Crippen LogP contribution in [0.15, 0.2) is 54.9 Å². The van der Waals surface area contributed by atoms with Crippen molar-refractivity contribution in [1.29, 1.82) is 0 Å². The van der Waals surface area contributed by atoms with Gasteiger partial charge < -0.3 is 15.7 Å². The Morgan fingerprint density at radius 2 is 1.80 bits per heavy atom. The molecule has 0 saturated carbocycles. The van der Waals surface area contributed by atoms with Crippen LogP contribution in [0.5, 0.6) is 0 Å². The first-order chi connectivity index (χ1) is 19.1. The highest BCUT2D eigenvalue weighted by Crippen LogP contribution is 2.34. The van der Waals surface area contributed by atoms with Crippen LogP contribution in [-0.2, 0) is 12.5 Å². The number of rotatable bonds is 7. The summed E-state index contributed by atoms with van der Waals surface area (Å²) in [6.45, 7) is 5.67. The molecule has 0 fully saturated rings. The fraction of sp³-hybridized carbons (Fsp3) is 0.250. The number of amides is 2. The zero-order valence-electron chi connectivity index (χ0n) is 22.8. The lowest BCUT2D eigenvalue weighted by Crippen LogP contribution is -2.22. The van der Waals surface area contributed by atoms with E-state index < -0.39 is 11.4 Å². The molecule has 0 aliphatic rings. The molecule has 0 atom stereocenters. The number of carbonyl (C=O) groups excluding carboxylic acids is 1. The third kappa shape index (κ3) is 5.08. The van der Waals surface area contributed by atoms with E-state index in [1.807, 2.05) is 58.2 Å². The molecule has 0 aliphatic heterocycles. The number of nitrogens with one attached hydrogen (secondary N) is 3. The van der Waals surface area contributed by atoms with Gasteiger partial charge in [0.25, 0.3) is 0 Å². The van der Waals surface area contributed by atoms with Crippen LogP contribution in [0.25, 0.3) is 28.0 Å². The Balaban J connectivity index is 1.42. The summed E-state index contributed by atoms with van der Waals surface area (Å²) in [5, 5.41) is 29.1. The fourth-order valence-corrected chi connectivity index (χ4v) is 4.50. The van der Waals surface area contributed by atoms with Gasteiger partial charge in [-0.25, -0.2) is 24.1 Å². The number of aliphatic hydroxyl groups excluding tert-OH is 1. The Morgan fingerprint density at radius 1 is 1.05 bits per heavy atom. The van der Waals surface area contributed by atoms with Gasteiger partial charge in [-0.15, -0.1) is 0 Å². The Kier molecular flexibility index (Phi) is 7.17. The van der Waals surface area contributed by atoms with Gasteiger partial charge in [-0.3, -0.25) is 5.32 Å². The molecule has 3 aromatic heterocycles. The van der Waals surface area contributed by atoms with Crippen molar-refractivity contribution in [1.82, 2.24) is 29.5 Å². The molecule has 0 unspecified atom stereocenters. The molecule has 0 saturated heterocycles. The summed E-state index contributed by atoms with van der Waals surface area (Å²) >= 11 is 6.61. The van der Waals surface area contributed by atoms with E-state index in [0.29, 0.717) is 39.4 Å². The highest BCUT2D eigenvalue weighted by Gasteiger charge is 2.26. The molecule has 12 heteroatoms. The Bertz CT molecular complexity index is 1710. The van der Waals surface area contributed by atoms with Gasteiger partial charge in [-0.1, -0.05) is 49.2 Å². The molecule has 5 rings (SSSR count). The molecule has 2 aromatic carbocycles. The van der Waals surface area contributed by atoms with Crippen LogP contribution in [0.4, 0.5) is 22.1 Å². The number of aliphatic hydroxyl groups is 1. The van der Waals surface area contributed by atoms with Crippen molar-refractivity contribution < 1.29 is 9.90 Å². The molecule has 206 valence electrons. The van der Waals surface area contributed by atoms with E-state index in [9.17, 15) is 9.90 Å². The van der Waals surface area contributed by atoms with E-state index in [1.165, 1.54) is 6.33 Å². The van der Waals surface area contributed by atoms with Crippen molar-refractivity contribution in [3.63, 3.8) is 0 Å². The molecular weight excluding hydrogens is 530 g/mol. The summed E-state index contributed by atoms with van der Waals surface area (Å²) < 4.78 is 3.33. The summed E-state index contributed by atoms with van der Waals surface area (Å²) in [5.74, 6) is 1.10. The summed E-state index contributed by atoms with van der Waals surface area (Å²) in [6, 6.07) is 14.3. The third-order valence-electron chi connectivity index (χ3n) is 6.67. The lowest BCUT2D eigenvalue weighted by Gasteiger charge is -2.18. The Labute approximate surface area is 236 Å². The predicted molar refractivity (Wildman–Crippen MR) is 157 cm³/mol. The standard InChI is InChI=1S/C28H30ClN9O2/c1-16-6-9-18(10-7-16)38-22(13-21(35-38)28(2,3)14-39)34-27(40)33-20-11-8-17(12-19(20)29)24-23-25(30-4)31-15-32-26(23)37(5)36-24/h6-13,15,39H,14H2,1-5H3,(H,30,31,32)(H2,33,34,40). The molecule has 4 N–H and O–H groups in total. The second-order valence-corrected chi connectivity index (χ2v) is 10.5. The second-order valence-electron chi connectivity index (χ2n) is 10.1. The van der Waals surface area contributed by atoms with Gasteiger partial charge in [-0.05, 0) is 31.2 Å². The van der Waals surface area contributed by atoms with Gasteiger partial charge in [0.15, 0.2) is 5.65 Å². The molecule has 5 aromatic rings. The number of nitrogens with zero attached hydrogens (tertiary/aromatic N) is 6. The third-order valence-corrected chi connectivity index (χ3v) is 6.98. The first-order valence-electron chi connectivity index (χ1n) is 12.6. The molecule has 0 bridgehead atoms. The minimum absolute atomic E-state index is 0.0982. The number of halogens is 1. The van der Waals surface area contributed by atoms with Crippen molar-refractivity contribution in [3.05, 3.63) is 71.1 Å². The molecule has 40 heavy (non-hydrogen) atoms. The van der Waals surface area contributed by atoms with Gasteiger partial charge in [0, 0.05) is 31.1 Å². The maximum absolute atomic E-state index is 13.1. The van der Waals surface area contributed by atoms with Crippen molar-refractivity contribution in [2.75, 3.05) is 29.6 Å². The van der Waals surface area contributed by atoms with Gasteiger partial charge >= 0.3 is 6.03 Å². The molecular formula is C28H30ClN9O2. The first kappa shape index (κ1) is 27.1. The molecule has 11 nitrogen and oxygen atoms in total. The van der Waals surface area contributed by atoms with E-state index in [0.717, 1.165) is 22.2 Å². The van der Waals surface area contributed by atoms with Crippen LogP contribution < -0.4 is 16.0 Å². The van der Waals surface area contributed by atoms with Crippen LogP contribution in [0, 0.1) is 6.92 Å². The largest absolute Gasteiger partial charge is 0.395 e. The van der Waals surface area contributed by atoms with Crippen LogP contribution in [0.3, 0.4) is 0 Å². The summed E-state index contributed by atoms with van der Waals surface area (Å²) in [5.41, 5.74) is 4.44. The van der Waals surface area contributed by atoms with E-state index in [2.05, 4.69) is 36.1 Å². The van der Waals surface area contributed by atoms with Crippen LogP contribution in [0.2, 0.25) is 5.02 Å². The first-order valence-corrected chi connectivity index (χ1v) is 13.0. The van der Waals surface area contributed by atoms with Crippen molar-refractivity contribution in [3.8, 4) is 16.9 Å². The van der Waals surface area contributed by atoms with Gasteiger partial charge in [0.05, 0.1) is 34.1 Å². The van der Waals surface area contributed by atoms with Crippen molar-refractivity contribution in [2.45, 2.75) is 26.2 Å². The smallest absolute Gasteiger partial charge is 0.324 e. The number of fused-ring (bicyclic) bond motifs is 1. The number of benzene rings is 2. The number of aromatic nitrogens is 6.